The number of carbonyl (C=O) groups is 1. The Kier molecular flexibility index (Phi) is 3.88. The number of benzene rings is 1. The van der Waals surface area contributed by atoms with Gasteiger partial charge >= 0.3 is 0 Å². The third-order valence-electron chi connectivity index (χ3n) is 2.97. The summed E-state index contributed by atoms with van der Waals surface area (Å²) < 4.78 is 0. The molecule has 0 bridgehead atoms. The second-order valence-electron chi connectivity index (χ2n) is 4.23. The standard InChI is InChI=1S/C12H14N2O4/c15-12(13-18-9-5-1-2-6-9)10-7-3-4-8-11(10)14(16)17/h3-4,7-9H,1-2,5-6H2,(H,13,15). The predicted octanol–water partition coefficient (Wildman–Crippen LogP) is 2.20. The van der Waals surface area contributed by atoms with Gasteiger partial charge in [0.2, 0.25) is 0 Å². The molecule has 1 aliphatic carbocycles. The van der Waals surface area contributed by atoms with E-state index in [0.29, 0.717) is 0 Å². The van der Waals surface area contributed by atoms with Gasteiger partial charge in [0.15, 0.2) is 0 Å². The number of para-hydroxylation sites is 1. The summed E-state index contributed by atoms with van der Waals surface area (Å²) in [7, 11) is 0. The maximum atomic E-state index is 11.8. The van der Waals surface area contributed by atoms with Gasteiger partial charge in [-0.3, -0.25) is 19.7 Å². The molecule has 1 N–H and O–H groups in total. The van der Waals surface area contributed by atoms with Gasteiger partial charge in [-0.25, -0.2) is 5.48 Å². The van der Waals surface area contributed by atoms with E-state index in [-0.39, 0.29) is 17.4 Å². The van der Waals surface area contributed by atoms with Crippen LogP contribution in [0.2, 0.25) is 0 Å². The van der Waals surface area contributed by atoms with Crippen LogP contribution in [0.25, 0.3) is 0 Å². The smallest absolute Gasteiger partial charge is 0.270 e. The third-order valence-corrected chi connectivity index (χ3v) is 2.97. The van der Waals surface area contributed by atoms with E-state index < -0.39 is 10.8 Å². The van der Waals surface area contributed by atoms with Crippen molar-refractivity contribution in [1.29, 1.82) is 0 Å². The lowest BCUT2D eigenvalue weighted by atomic mass is 10.2. The Morgan fingerprint density at radius 2 is 2.00 bits per heavy atom. The van der Waals surface area contributed by atoms with Crippen molar-refractivity contribution < 1.29 is 14.6 Å². The maximum Gasteiger partial charge on any atom is 0.282 e. The zero-order chi connectivity index (χ0) is 13.0. The van der Waals surface area contributed by atoms with E-state index in [9.17, 15) is 14.9 Å². The molecule has 18 heavy (non-hydrogen) atoms. The maximum absolute atomic E-state index is 11.8. The van der Waals surface area contributed by atoms with Gasteiger partial charge in [-0.1, -0.05) is 25.0 Å². The first-order valence-corrected chi connectivity index (χ1v) is 5.88. The first kappa shape index (κ1) is 12.5. The van der Waals surface area contributed by atoms with Crippen molar-refractivity contribution in [2.24, 2.45) is 0 Å². The summed E-state index contributed by atoms with van der Waals surface area (Å²) in [4.78, 5) is 27.2. The summed E-state index contributed by atoms with van der Waals surface area (Å²) >= 11 is 0. The lowest BCUT2D eigenvalue weighted by molar-refractivity contribution is -0.385. The van der Waals surface area contributed by atoms with Crippen molar-refractivity contribution >= 4 is 11.6 Å². The highest BCUT2D eigenvalue weighted by molar-refractivity contribution is 5.97. The van der Waals surface area contributed by atoms with Crippen molar-refractivity contribution in [2.45, 2.75) is 31.8 Å². The molecular weight excluding hydrogens is 236 g/mol. The van der Waals surface area contributed by atoms with Gasteiger partial charge in [0, 0.05) is 6.07 Å². The van der Waals surface area contributed by atoms with Crippen molar-refractivity contribution in [1.82, 2.24) is 5.48 Å². The van der Waals surface area contributed by atoms with Crippen molar-refractivity contribution in [3.05, 3.63) is 39.9 Å². The monoisotopic (exact) mass is 250 g/mol. The van der Waals surface area contributed by atoms with E-state index in [2.05, 4.69) is 5.48 Å². The minimum absolute atomic E-state index is 0.0143. The summed E-state index contributed by atoms with van der Waals surface area (Å²) in [5.41, 5.74) is 2.09. The molecule has 0 spiro atoms. The van der Waals surface area contributed by atoms with Crippen LogP contribution in [0.4, 0.5) is 5.69 Å². The number of hydrogen-bond donors (Lipinski definition) is 1. The molecule has 1 fully saturated rings. The minimum atomic E-state index is -0.579. The highest BCUT2D eigenvalue weighted by Crippen LogP contribution is 2.21. The number of nitro groups is 1. The lowest BCUT2D eigenvalue weighted by Crippen LogP contribution is -2.28. The molecule has 0 atom stereocenters. The van der Waals surface area contributed by atoms with Gasteiger partial charge < -0.3 is 0 Å². The van der Waals surface area contributed by atoms with E-state index in [1.165, 1.54) is 18.2 Å². The van der Waals surface area contributed by atoms with Crippen molar-refractivity contribution in [2.75, 3.05) is 0 Å². The van der Waals surface area contributed by atoms with E-state index in [1.807, 2.05) is 0 Å². The van der Waals surface area contributed by atoms with Crippen LogP contribution in [-0.4, -0.2) is 16.9 Å². The molecule has 6 heteroatoms. The fourth-order valence-electron chi connectivity index (χ4n) is 2.02. The summed E-state index contributed by atoms with van der Waals surface area (Å²) in [6, 6.07) is 5.81. The fourth-order valence-corrected chi connectivity index (χ4v) is 2.02. The second kappa shape index (κ2) is 5.59. The Balaban J connectivity index is 2.01. The quantitative estimate of drug-likeness (QED) is 0.656. The van der Waals surface area contributed by atoms with Gasteiger partial charge in [0.25, 0.3) is 11.6 Å². The minimum Gasteiger partial charge on any atom is -0.270 e. The highest BCUT2D eigenvalue weighted by Gasteiger charge is 2.21. The Morgan fingerprint density at radius 1 is 1.33 bits per heavy atom. The number of nitrogens with one attached hydrogen (secondary N) is 1. The van der Waals surface area contributed by atoms with Crippen LogP contribution in [0, 0.1) is 10.1 Å². The number of hydroxylamine groups is 1. The average molecular weight is 250 g/mol. The van der Waals surface area contributed by atoms with Crippen LogP contribution < -0.4 is 5.48 Å². The summed E-state index contributed by atoms with van der Waals surface area (Å²) in [6.45, 7) is 0. The average Bonchev–Trinajstić information content (AvgIpc) is 2.89. The predicted molar refractivity (Wildman–Crippen MR) is 63.9 cm³/mol. The topological polar surface area (TPSA) is 81.5 Å². The number of rotatable bonds is 4. The van der Waals surface area contributed by atoms with E-state index >= 15 is 0 Å². The number of carbonyl (C=O) groups excluding carboxylic acids is 1. The summed E-state index contributed by atoms with van der Waals surface area (Å²) in [5, 5.41) is 10.8. The Bertz CT molecular complexity index is 455. The molecule has 1 aromatic carbocycles. The van der Waals surface area contributed by atoms with Crippen LogP contribution in [-0.2, 0) is 4.84 Å². The van der Waals surface area contributed by atoms with Crippen LogP contribution in [0.15, 0.2) is 24.3 Å². The van der Waals surface area contributed by atoms with Gasteiger partial charge in [-0.15, -0.1) is 0 Å². The van der Waals surface area contributed by atoms with Crippen molar-refractivity contribution in [3.63, 3.8) is 0 Å². The lowest BCUT2D eigenvalue weighted by Gasteiger charge is -2.11. The molecule has 2 rings (SSSR count). The van der Waals surface area contributed by atoms with E-state index in [1.54, 1.807) is 6.07 Å². The zero-order valence-corrected chi connectivity index (χ0v) is 9.80. The first-order chi connectivity index (χ1) is 8.68. The fraction of sp³-hybridized carbons (Fsp3) is 0.417. The molecular formula is C12H14N2O4. The molecule has 6 nitrogen and oxygen atoms in total. The number of nitro benzene ring substituents is 1. The van der Waals surface area contributed by atoms with Crippen LogP contribution in [0.1, 0.15) is 36.0 Å². The van der Waals surface area contributed by atoms with Gasteiger partial charge in [0.05, 0.1) is 11.0 Å². The Hall–Kier alpha value is -1.95. The molecule has 1 aliphatic rings. The number of hydrogen-bond acceptors (Lipinski definition) is 4. The van der Waals surface area contributed by atoms with E-state index in [4.69, 9.17) is 4.84 Å². The van der Waals surface area contributed by atoms with Crippen LogP contribution in [0.3, 0.4) is 0 Å². The Morgan fingerprint density at radius 3 is 2.67 bits per heavy atom. The molecule has 0 saturated heterocycles. The summed E-state index contributed by atoms with van der Waals surface area (Å²) in [6.07, 6.45) is 4.03. The van der Waals surface area contributed by atoms with Crippen molar-refractivity contribution in [3.8, 4) is 0 Å². The zero-order valence-electron chi connectivity index (χ0n) is 9.80. The normalized spacial score (nSPS) is 15.6. The first-order valence-electron chi connectivity index (χ1n) is 5.88. The molecule has 1 saturated carbocycles. The van der Waals surface area contributed by atoms with Gasteiger partial charge in [-0.05, 0) is 18.9 Å². The van der Waals surface area contributed by atoms with Gasteiger partial charge in [-0.2, -0.15) is 0 Å². The molecule has 1 amide bonds. The number of nitrogens with zero attached hydrogens (tertiary/aromatic N) is 1. The molecule has 96 valence electrons. The SMILES string of the molecule is O=C(NOC1CCCC1)c1ccccc1[N+](=O)[O-]. The molecule has 1 aromatic rings. The molecule has 0 unspecified atom stereocenters. The third kappa shape index (κ3) is 2.84. The molecule has 0 heterocycles. The van der Waals surface area contributed by atoms with E-state index in [0.717, 1.165) is 25.7 Å². The Labute approximate surface area is 104 Å². The van der Waals surface area contributed by atoms with Crippen LogP contribution >= 0.6 is 0 Å². The van der Waals surface area contributed by atoms with Gasteiger partial charge in [0.1, 0.15) is 5.56 Å². The summed E-state index contributed by atoms with van der Waals surface area (Å²) in [5.74, 6) is -0.575. The highest BCUT2D eigenvalue weighted by atomic mass is 16.7. The molecule has 0 aliphatic heterocycles. The molecule has 0 aromatic heterocycles. The second-order valence-corrected chi connectivity index (χ2v) is 4.23. The molecule has 0 radical (unpaired) electrons. The largest absolute Gasteiger partial charge is 0.282 e. The van der Waals surface area contributed by atoms with Crippen LogP contribution in [0.5, 0.6) is 0 Å². The number of amides is 1.